The predicted octanol–water partition coefficient (Wildman–Crippen LogP) is 9.03. The van der Waals surface area contributed by atoms with Crippen LogP contribution in [0.1, 0.15) is 142 Å². The lowest BCUT2D eigenvalue weighted by molar-refractivity contribution is 0.0451. The zero-order chi connectivity index (χ0) is 18.1. The molecule has 0 N–H and O–H groups in total. The summed E-state index contributed by atoms with van der Waals surface area (Å²) in [6.45, 7) is 2.34. The van der Waals surface area contributed by atoms with E-state index < -0.39 is 0 Å². The van der Waals surface area contributed by atoms with Gasteiger partial charge in [0.1, 0.15) is 0 Å². The van der Waals surface area contributed by atoms with Crippen LogP contribution < -0.4 is 0 Å². The van der Waals surface area contributed by atoms with E-state index in [1.54, 1.807) is 32.1 Å². The Bertz CT molecular complexity index is 352. The summed E-state index contributed by atoms with van der Waals surface area (Å²) < 4.78 is 0. The Kier molecular flexibility index (Phi) is 8.86. The smallest absolute Gasteiger partial charge is 0.0176 e. The number of hydrogen-bond donors (Lipinski definition) is 0. The van der Waals surface area contributed by atoms with Gasteiger partial charge in [-0.2, -0.15) is 0 Å². The minimum atomic E-state index is 0.692. The Morgan fingerprint density at radius 3 is 2.04 bits per heavy atom. The van der Waals surface area contributed by atoms with E-state index in [1.807, 2.05) is 0 Å². The molecule has 1 atom stereocenters. The van der Waals surface area contributed by atoms with Gasteiger partial charge in [-0.05, 0) is 55.3 Å². The van der Waals surface area contributed by atoms with Crippen molar-refractivity contribution in [2.24, 2.45) is 17.3 Å². The Morgan fingerprint density at radius 1 is 0.731 bits per heavy atom. The molecule has 0 aromatic heterocycles. The van der Waals surface area contributed by atoms with Crippen molar-refractivity contribution in [1.82, 2.24) is 0 Å². The zero-order valence-corrected chi connectivity index (χ0v) is 18.0. The molecule has 3 rings (SSSR count). The summed E-state index contributed by atoms with van der Waals surface area (Å²) in [5, 5.41) is 0. The van der Waals surface area contributed by atoms with E-state index in [4.69, 9.17) is 0 Å². The van der Waals surface area contributed by atoms with Crippen molar-refractivity contribution < 1.29 is 0 Å². The van der Waals surface area contributed by atoms with E-state index in [0.29, 0.717) is 5.41 Å². The Balaban J connectivity index is 1.66. The number of rotatable bonds is 10. The van der Waals surface area contributed by atoms with E-state index in [-0.39, 0.29) is 0 Å². The highest BCUT2D eigenvalue weighted by Crippen LogP contribution is 2.59. The minimum Gasteiger partial charge on any atom is -0.0654 e. The van der Waals surface area contributed by atoms with Crippen LogP contribution in [0.4, 0.5) is 0 Å². The highest BCUT2D eigenvalue weighted by atomic mass is 14.5. The van der Waals surface area contributed by atoms with Gasteiger partial charge in [-0.15, -0.1) is 0 Å². The lowest BCUT2D eigenvalue weighted by Crippen LogP contribution is -2.42. The Labute approximate surface area is 165 Å². The summed E-state index contributed by atoms with van der Waals surface area (Å²) in [6.07, 6.45) is 31.8. The summed E-state index contributed by atoms with van der Waals surface area (Å²) in [7, 11) is 0. The van der Waals surface area contributed by atoms with Gasteiger partial charge in [0.25, 0.3) is 0 Å². The van der Waals surface area contributed by atoms with E-state index in [9.17, 15) is 0 Å². The molecule has 0 saturated heterocycles. The third-order valence-corrected chi connectivity index (χ3v) is 8.45. The van der Waals surface area contributed by atoms with Crippen molar-refractivity contribution in [3.8, 4) is 0 Å². The van der Waals surface area contributed by atoms with Crippen LogP contribution >= 0.6 is 0 Å². The number of hydrogen-bond acceptors (Lipinski definition) is 0. The molecule has 3 fully saturated rings. The van der Waals surface area contributed by atoms with Crippen LogP contribution in [-0.4, -0.2) is 0 Å². The summed E-state index contributed by atoms with van der Waals surface area (Å²) >= 11 is 0. The van der Waals surface area contributed by atoms with Gasteiger partial charge in [0.2, 0.25) is 0 Å². The summed E-state index contributed by atoms with van der Waals surface area (Å²) in [5.74, 6) is 4.22. The molecule has 0 aliphatic heterocycles. The van der Waals surface area contributed by atoms with Crippen molar-refractivity contribution in [1.29, 1.82) is 0 Å². The Hall–Kier alpha value is 0. The molecule has 0 spiro atoms. The average Bonchev–Trinajstić information content (AvgIpc) is 3.23. The van der Waals surface area contributed by atoms with Gasteiger partial charge >= 0.3 is 0 Å². The second kappa shape index (κ2) is 11.1. The van der Waals surface area contributed by atoms with E-state index in [0.717, 1.165) is 11.8 Å². The second-order valence-corrected chi connectivity index (χ2v) is 10.1. The molecule has 151 valence electrons. The highest BCUT2D eigenvalue weighted by Gasteiger charge is 2.48. The van der Waals surface area contributed by atoms with Crippen molar-refractivity contribution in [3.05, 3.63) is 5.92 Å². The van der Waals surface area contributed by atoms with Gasteiger partial charge in [-0.25, -0.2) is 0 Å². The molecular formula is C26H47. The average molecular weight is 360 g/mol. The largest absolute Gasteiger partial charge is 0.0654 e. The van der Waals surface area contributed by atoms with Crippen LogP contribution in [-0.2, 0) is 0 Å². The maximum atomic E-state index is 2.34. The van der Waals surface area contributed by atoms with Gasteiger partial charge in [0.15, 0.2) is 0 Å². The third-order valence-electron chi connectivity index (χ3n) is 8.45. The molecule has 0 heterocycles. The SMILES string of the molecule is CCCCCCCCC(C1CCCC1)C1([C]2CCCCC2)CCCCC1. The van der Waals surface area contributed by atoms with Gasteiger partial charge in [0, 0.05) is 0 Å². The zero-order valence-electron chi connectivity index (χ0n) is 18.0. The summed E-state index contributed by atoms with van der Waals surface area (Å²) in [5.41, 5.74) is 0.692. The standard InChI is InChI=1S/C26H47/c1-2-3-4-5-6-11-20-25(23-16-12-13-17-23)26(21-14-8-15-22-26)24-18-9-7-10-19-24/h23,25H,2-22H2,1H3. The lowest BCUT2D eigenvalue weighted by atomic mass is 9.52. The summed E-state index contributed by atoms with van der Waals surface area (Å²) in [6, 6.07) is 0. The quantitative estimate of drug-likeness (QED) is 0.341. The molecule has 0 amide bonds. The van der Waals surface area contributed by atoms with Crippen LogP contribution in [0.15, 0.2) is 0 Å². The van der Waals surface area contributed by atoms with Gasteiger partial charge in [0.05, 0.1) is 0 Å². The predicted molar refractivity (Wildman–Crippen MR) is 115 cm³/mol. The van der Waals surface area contributed by atoms with Crippen molar-refractivity contribution >= 4 is 0 Å². The van der Waals surface area contributed by atoms with Crippen molar-refractivity contribution in [3.63, 3.8) is 0 Å². The maximum Gasteiger partial charge on any atom is -0.0176 e. The first-order chi connectivity index (χ1) is 12.9. The van der Waals surface area contributed by atoms with Crippen molar-refractivity contribution in [2.75, 3.05) is 0 Å². The molecule has 0 aromatic carbocycles. The topological polar surface area (TPSA) is 0 Å². The minimum absolute atomic E-state index is 0.692. The first-order valence-corrected chi connectivity index (χ1v) is 12.7. The number of unbranched alkanes of at least 4 members (excludes halogenated alkanes) is 5. The Morgan fingerprint density at radius 2 is 1.35 bits per heavy atom. The molecule has 3 aliphatic rings. The molecular weight excluding hydrogens is 312 g/mol. The molecule has 26 heavy (non-hydrogen) atoms. The van der Waals surface area contributed by atoms with Crippen LogP contribution in [0, 0.1) is 23.2 Å². The first-order valence-electron chi connectivity index (χ1n) is 12.7. The molecule has 0 heteroatoms. The first kappa shape index (κ1) is 20.7. The highest BCUT2D eigenvalue weighted by molar-refractivity contribution is 5.13. The van der Waals surface area contributed by atoms with E-state index in [2.05, 4.69) is 12.8 Å². The molecule has 3 aliphatic carbocycles. The molecule has 3 saturated carbocycles. The van der Waals surface area contributed by atoms with Gasteiger partial charge < -0.3 is 0 Å². The van der Waals surface area contributed by atoms with E-state index in [1.165, 1.54) is 103 Å². The van der Waals surface area contributed by atoms with Gasteiger partial charge in [-0.3, -0.25) is 0 Å². The molecule has 1 unspecified atom stereocenters. The monoisotopic (exact) mass is 359 g/mol. The fourth-order valence-corrected chi connectivity index (χ4v) is 7.11. The van der Waals surface area contributed by atoms with Crippen LogP contribution in [0.2, 0.25) is 0 Å². The fraction of sp³-hybridized carbons (Fsp3) is 0.962. The molecule has 0 aromatic rings. The maximum absolute atomic E-state index is 2.34. The normalized spacial score (nSPS) is 26.2. The van der Waals surface area contributed by atoms with Gasteiger partial charge in [-0.1, -0.05) is 110 Å². The summed E-state index contributed by atoms with van der Waals surface area (Å²) in [4.78, 5) is 0. The molecule has 0 nitrogen and oxygen atoms in total. The third kappa shape index (κ3) is 5.29. The van der Waals surface area contributed by atoms with Crippen LogP contribution in [0.25, 0.3) is 0 Å². The second-order valence-electron chi connectivity index (χ2n) is 10.1. The van der Waals surface area contributed by atoms with Crippen LogP contribution in [0.5, 0.6) is 0 Å². The van der Waals surface area contributed by atoms with E-state index >= 15 is 0 Å². The fourth-order valence-electron chi connectivity index (χ4n) is 7.11. The lowest BCUT2D eigenvalue weighted by Gasteiger charge is -2.52. The molecule has 1 radical (unpaired) electrons. The van der Waals surface area contributed by atoms with Crippen LogP contribution in [0.3, 0.4) is 0 Å². The van der Waals surface area contributed by atoms with Crippen molar-refractivity contribution in [2.45, 2.75) is 142 Å². The molecule has 0 bridgehead atoms.